The summed E-state index contributed by atoms with van der Waals surface area (Å²) in [6.07, 6.45) is 1.55. The van der Waals surface area contributed by atoms with E-state index in [-0.39, 0.29) is 35.7 Å². The van der Waals surface area contributed by atoms with Crippen molar-refractivity contribution in [2.75, 3.05) is 6.54 Å². The topological polar surface area (TPSA) is 104 Å². The first-order chi connectivity index (χ1) is 8.43. The number of aliphatic hydroxyl groups is 1. The summed E-state index contributed by atoms with van der Waals surface area (Å²) in [5.74, 6) is -0.133. The van der Waals surface area contributed by atoms with E-state index in [9.17, 15) is 9.59 Å². The molecule has 5 N–H and O–H groups in total. The van der Waals surface area contributed by atoms with E-state index in [1.165, 1.54) is 0 Å². The highest BCUT2D eigenvalue weighted by atomic mass is 16.3. The molecule has 102 valence electrons. The minimum Gasteiger partial charge on any atom is -0.393 e. The number of nitrogens with two attached hydrogens (primary N) is 1. The normalized spacial score (nSPS) is 36.7. The minimum atomic E-state index is -0.661. The fourth-order valence-electron chi connectivity index (χ4n) is 2.79. The SMILES string of the molecule is C[C@@H](O)CC(=O)NC1CC2(CCC1N)CNC2=O. The number of aliphatic hydroxyl groups excluding tert-OH is 1. The number of carbonyl (C=O) groups excluding carboxylic acids is 2. The van der Waals surface area contributed by atoms with Crippen molar-refractivity contribution in [3.8, 4) is 0 Å². The van der Waals surface area contributed by atoms with E-state index in [4.69, 9.17) is 10.8 Å². The fraction of sp³-hybridized carbons (Fsp3) is 0.833. The number of β-lactam (4-membered cyclic amide) rings is 1. The van der Waals surface area contributed by atoms with Crippen molar-refractivity contribution in [3.63, 3.8) is 0 Å². The average molecular weight is 255 g/mol. The van der Waals surface area contributed by atoms with E-state index in [1.54, 1.807) is 6.92 Å². The maximum Gasteiger partial charge on any atom is 0.228 e. The van der Waals surface area contributed by atoms with Crippen molar-refractivity contribution >= 4 is 11.8 Å². The molecule has 6 nitrogen and oxygen atoms in total. The van der Waals surface area contributed by atoms with Gasteiger partial charge in [-0.05, 0) is 26.2 Å². The molecule has 2 amide bonds. The summed E-state index contributed by atoms with van der Waals surface area (Å²) in [7, 11) is 0. The lowest BCUT2D eigenvalue weighted by Gasteiger charge is -2.48. The molecule has 1 aliphatic heterocycles. The Morgan fingerprint density at radius 1 is 1.72 bits per heavy atom. The number of hydrogen-bond acceptors (Lipinski definition) is 4. The highest BCUT2D eigenvalue weighted by molar-refractivity contribution is 5.89. The summed E-state index contributed by atoms with van der Waals surface area (Å²) >= 11 is 0. The van der Waals surface area contributed by atoms with Gasteiger partial charge in [-0.1, -0.05) is 0 Å². The van der Waals surface area contributed by atoms with Crippen LogP contribution in [-0.4, -0.2) is 41.7 Å². The maximum absolute atomic E-state index is 11.6. The maximum atomic E-state index is 11.6. The van der Waals surface area contributed by atoms with E-state index in [0.717, 1.165) is 12.8 Å². The molecule has 6 heteroatoms. The van der Waals surface area contributed by atoms with Crippen LogP contribution in [0.2, 0.25) is 0 Å². The van der Waals surface area contributed by atoms with Crippen LogP contribution in [-0.2, 0) is 9.59 Å². The molecule has 2 rings (SSSR count). The van der Waals surface area contributed by atoms with Crippen molar-refractivity contribution in [1.82, 2.24) is 10.6 Å². The zero-order valence-corrected chi connectivity index (χ0v) is 10.6. The Morgan fingerprint density at radius 3 is 2.94 bits per heavy atom. The summed E-state index contributed by atoms with van der Waals surface area (Å²) < 4.78 is 0. The van der Waals surface area contributed by atoms with E-state index >= 15 is 0 Å². The zero-order chi connectivity index (χ0) is 13.3. The molecule has 1 heterocycles. The van der Waals surface area contributed by atoms with Crippen LogP contribution < -0.4 is 16.4 Å². The molecule has 2 aliphatic rings. The molecule has 3 unspecified atom stereocenters. The van der Waals surface area contributed by atoms with Crippen LogP contribution >= 0.6 is 0 Å². The highest BCUT2D eigenvalue weighted by Crippen LogP contribution is 2.40. The Balaban J connectivity index is 1.94. The van der Waals surface area contributed by atoms with Gasteiger partial charge in [-0.3, -0.25) is 9.59 Å². The Bertz CT molecular complexity index is 358. The number of amides is 2. The van der Waals surface area contributed by atoms with Gasteiger partial charge in [-0.15, -0.1) is 0 Å². The first kappa shape index (κ1) is 13.3. The molecular formula is C12H21N3O3. The summed E-state index contributed by atoms with van der Waals surface area (Å²) in [4.78, 5) is 23.3. The van der Waals surface area contributed by atoms with Gasteiger partial charge in [0.2, 0.25) is 11.8 Å². The third-order valence-electron chi connectivity index (χ3n) is 3.98. The van der Waals surface area contributed by atoms with Crippen LogP contribution in [0.15, 0.2) is 0 Å². The molecular weight excluding hydrogens is 234 g/mol. The Kier molecular flexibility index (Phi) is 3.59. The standard InChI is InChI=1S/C12H21N3O3/c1-7(16)4-10(17)15-9-5-12(3-2-8(9)13)6-14-11(12)18/h7-9,16H,2-6,13H2,1H3,(H,14,18)(H,15,17)/t7-,8?,9?,12?/m1/s1. The van der Waals surface area contributed by atoms with Gasteiger partial charge in [0.15, 0.2) is 0 Å². The first-order valence-electron chi connectivity index (χ1n) is 6.44. The number of carbonyl (C=O) groups is 2. The third kappa shape index (κ3) is 2.49. The summed E-state index contributed by atoms with van der Waals surface area (Å²) in [6.45, 7) is 2.25. The molecule has 18 heavy (non-hydrogen) atoms. The zero-order valence-electron chi connectivity index (χ0n) is 10.6. The van der Waals surface area contributed by atoms with Gasteiger partial charge in [0.25, 0.3) is 0 Å². The van der Waals surface area contributed by atoms with Gasteiger partial charge in [-0.2, -0.15) is 0 Å². The van der Waals surface area contributed by atoms with Gasteiger partial charge in [0.05, 0.1) is 17.9 Å². The Morgan fingerprint density at radius 2 is 2.44 bits per heavy atom. The largest absolute Gasteiger partial charge is 0.393 e. The van der Waals surface area contributed by atoms with Crippen molar-refractivity contribution in [2.45, 2.75) is 50.8 Å². The van der Waals surface area contributed by atoms with Gasteiger partial charge in [0, 0.05) is 18.6 Å². The molecule has 1 aliphatic carbocycles. The van der Waals surface area contributed by atoms with Crippen LogP contribution in [0.25, 0.3) is 0 Å². The first-order valence-corrected chi connectivity index (χ1v) is 6.44. The average Bonchev–Trinajstić information content (AvgIpc) is 2.29. The second-order valence-electron chi connectivity index (χ2n) is 5.60. The predicted molar refractivity (Wildman–Crippen MR) is 65.5 cm³/mol. The lowest BCUT2D eigenvalue weighted by atomic mass is 9.66. The molecule has 0 aromatic heterocycles. The quantitative estimate of drug-likeness (QED) is 0.479. The fourth-order valence-corrected chi connectivity index (χ4v) is 2.79. The predicted octanol–water partition coefficient (Wildman–Crippen LogP) is -1.13. The van der Waals surface area contributed by atoms with Crippen molar-refractivity contribution in [2.24, 2.45) is 11.1 Å². The van der Waals surface area contributed by atoms with Gasteiger partial charge < -0.3 is 21.5 Å². The second kappa shape index (κ2) is 4.85. The Hall–Kier alpha value is -1.14. The molecule has 0 aromatic rings. The monoisotopic (exact) mass is 255 g/mol. The smallest absolute Gasteiger partial charge is 0.228 e. The van der Waals surface area contributed by atoms with Gasteiger partial charge in [0.1, 0.15) is 0 Å². The van der Waals surface area contributed by atoms with Crippen LogP contribution in [0.4, 0.5) is 0 Å². The van der Waals surface area contributed by atoms with Gasteiger partial charge >= 0.3 is 0 Å². The lowest BCUT2D eigenvalue weighted by molar-refractivity contribution is -0.144. The molecule has 1 saturated carbocycles. The molecule has 1 spiro atoms. The van der Waals surface area contributed by atoms with E-state index in [1.807, 2.05) is 0 Å². The Labute approximate surface area is 106 Å². The molecule has 4 atom stereocenters. The van der Waals surface area contributed by atoms with E-state index < -0.39 is 6.10 Å². The second-order valence-corrected chi connectivity index (χ2v) is 5.60. The molecule has 0 bridgehead atoms. The molecule has 2 fully saturated rings. The molecule has 0 aromatic carbocycles. The van der Waals surface area contributed by atoms with E-state index in [2.05, 4.69) is 10.6 Å². The third-order valence-corrected chi connectivity index (χ3v) is 3.98. The van der Waals surface area contributed by atoms with Crippen LogP contribution in [0.5, 0.6) is 0 Å². The molecule has 1 saturated heterocycles. The number of rotatable bonds is 3. The summed E-state index contributed by atoms with van der Waals surface area (Å²) in [5.41, 5.74) is 5.67. The van der Waals surface area contributed by atoms with Crippen LogP contribution in [0.3, 0.4) is 0 Å². The van der Waals surface area contributed by atoms with Crippen LogP contribution in [0, 0.1) is 5.41 Å². The van der Waals surface area contributed by atoms with Crippen molar-refractivity contribution in [1.29, 1.82) is 0 Å². The number of nitrogens with one attached hydrogen (secondary N) is 2. The van der Waals surface area contributed by atoms with Crippen molar-refractivity contribution in [3.05, 3.63) is 0 Å². The summed E-state index contributed by atoms with van der Waals surface area (Å²) in [5, 5.41) is 14.8. The highest BCUT2D eigenvalue weighted by Gasteiger charge is 2.51. The van der Waals surface area contributed by atoms with Crippen LogP contribution in [0.1, 0.15) is 32.6 Å². The van der Waals surface area contributed by atoms with Gasteiger partial charge in [-0.25, -0.2) is 0 Å². The van der Waals surface area contributed by atoms with Crippen molar-refractivity contribution < 1.29 is 14.7 Å². The summed E-state index contributed by atoms with van der Waals surface area (Å²) in [6, 6.07) is -0.280. The minimum absolute atomic E-state index is 0.0718. The van der Waals surface area contributed by atoms with E-state index in [0.29, 0.717) is 13.0 Å². The lowest BCUT2D eigenvalue weighted by Crippen LogP contribution is -2.66. The number of hydrogen-bond donors (Lipinski definition) is 4. The molecule has 0 radical (unpaired) electrons.